The minimum absolute atomic E-state index is 0.0309. The van der Waals surface area contributed by atoms with Crippen molar-refractivity contribution in [3.05, 3.63) is 70.8 Å². The first-order valence-electron chi connectivity index (χ1n) is 15.2. The summed E-state index contributed by atoms with van der Waals surface area (Å²) in [6.07, 6.45) is 2.98. The van der Waals surface area contributed by atoms with E-state index in [1.165, 1.54) is 24.1 Å². The average molecular weight is 617 g/mol. The van der Waals surface area contributed by atoms with Gasteiger partial charge in [-0.2, -0.15) is 0 Å². The molecule has 6 N–H and O–H groups in total. The van der Waals surface area contributed by atoms with E-state index in [2.05, 4.69) is 11.9 Å². The molecular weight excluding hydrogens is 572 g/mol. The zero-order valence-electron chi connectivity index (χ0n) is 26.6. The van der Waals surface area contributed by atoms with Crippen molar-refractivity contribution in [3.8, 4) is 11.5 Å². The first-order valence-corrected chi connectivity index (χ1v) is 15.2. The Kier molecular flexibility index (Phi) is 10.9. The van der Waals surface area contributed by atoms with Gasteiger partial charge in [-0.3, -0.25) is 14.4 Å². The predicted octanol–water partition coefficient (Wildman–Crippen LogP) is 3.97. The van der Waals surface area contributed by atoms with Gasteiger partial charge in [0.05, 0.1) is 47.6 Å². The minimum Gasteiger partial charge on any atom is -0.494 e. The lowest BCUT2D eigenvalue weighted by molar-refractivity contribution is -0.132. The number of nitrogens with two attached hydrogens (primary N) is 3. The van der Waals surface area contributed by atoms with E-state index >= 15 is 0 Å². The van der Waals surface area contributed by atoms with Gasteiger partial charge in [0.25, 0.3) is 5.91 Å². The Morgan fingerprint density at radius 2 is 1.58 bits per heavy atom. The molecule has 0 bridgehead atoms. The van der Waals surface area contributed by atoms with Crippen molar-refractivity contribution in [1.82, 2.24) is 9.80 Å². The van der Waals surface area contributed by atoms with E-state index in [1.807, 2.05) is 30.0 Å². The summed E-state index contributed by atoms with van der Waals surface area (Å²) < 4.78 is 11.6. The maximum absolute atomic E-state index is 13.7. The van der Waals surface area contributed by atoms with Gasteiger partial charge in [0.2, 0.25) is 5.91 Å². The molecular formula is C34H44N6O5. The number of aryl methyl sites for hydroxylation is 1. The quantitative estimate of drug-likeness (QED) is 0.156. The second kappa shape index (κ2) is 14.8. The van der Waals surface area contributed by atoms with Crippen molar-refractivity contribution >= 4 is 40.3 Å². The number of nitrogens with zero attached hydrogens (tertiary/aromatic N) is 3. The lowest BCUT2D eigenvalue weighted by atomic mass is 9.97. The maximum Gasteiger partial charge on any atom is 0.260 e. The molecule has 1 aliphatic rings. The van der Waals surface area contributed by atoms with Gasteiger partial charge in [-0.05, 0) is 75.2 Å². The molecule has 1 heterocycles. The Morgan fingerprint density at radius 1 is 0.867 bits per heavy atom. The van der Waals surface area contributed by atoms with Crippen LogP contribution in [0.3, 0.4) is 0 Å². The second-order valence-electron chi connectivity index (χ2n) is 11.4. The van der Waals surface area contributed by atoms with Gasteiger partial charge in [0.15, 0.2) is 11.5 Å². The normalized spacial score (nSPS) is 13.4. The van der Waals surface area contributed by atoms with Crippen LogP contribution in [0.2, 0.25) is 0 Å². The number of methoxy groups -OCH3 is 1. The Morgan fingerprint density at radius 3 is 2.29 bits per heavy atom. The van der Waals surface area contributed by atoms with Gasteiger partial charge in [-0.15, -0.1) is 0 Å². The number of hydrogen-bond donors (Lipinski definition) is 3. The van der Waals surface area contributed by atoms with Crippen molar-refractivity contribution in [3.63, 3.8) is 0 Å². The van der Waals surface area contributed by atoms with Gasteiger partial charge in [0.1, 0.15) is 5.75 Å². The highest BCUT2D eigenvalue weighted by molar-refractivity contribution is 6.17. The van der Waals surface area contributed by atoms with E-state index < -0.39 is 11.7 Å². The van der Waals surface area contributed by atoms with Crippen LogP contribution in [0.5, 0.6) is 11.5 Å². The Labute approximate surface area is 264 Å². The first kappa shape index (κ1) is 33.1. The average Bonchev–Trinajstić information content (AvgIpc) is 3.03. The van der Waals surface area contributed by atoms with Crippen LogP contribution in [0.4, 0.5) is 22.7 Å². The number of para-hydroxylation sites is 1. The molecule has 2 amide bonds. The summed E-state index contributed by atoms with van der Waals surface area (Å²) >= 11 is 0. The summed E-state index contributed by atoms with van der Waals surface area (Å²) in [6.45, 7) is 5.81. The van der Waals surface area contributed by atoms with Gasteiger partial charge >= 0.3 is 0 Å². The molecule has 4 rings (SSSR count). The lowest BCUT2D eigenvalue weighted by Crippen LogP contribution is -2.47. The van der Waals surface area contributed by atoms with Crippen LogP contribution in [-0.2, 0) is 4.79 Å². The summed E-state index contributed by atoms with van der Waals surface area (Å²) in [4.78, 5) is 45.2. The number of carbonyl (C=O) groups excluding carboxylic acids is 3. The molecule has 3 aromatic carbocycles. The van der Waals surface area contributed by atoms with Crippen molar-refractivity contribution in [1.29, 1.82) is 0 Å². The Hall–Kier alpha value is -4.77. The standard InChI is InChI=1S/C34H44N6O5/c1-22-12-15-27(28(21-22)45-20-7-5-6-11-29(41)40-18-16-38(2)17-19-40)39(3)34(43)24-13-14-25(33(44-4)31(24)37)32(42)23-9-8-10-26(35)30(23)36/h8-10,12-15,21H,5-7,11,16-20,35-37H2,1-4H3. The number of nitrogen functional groups attached to an aromatic ring is 3. The third-order valence-corrected chi connectivity index (χ3v) is 8.19. The SMILES string of the molecule is COc1c(C(=O)c2cccc(N)c2N)ccc(C(=O)N(C)c2ccc(C)cc2OCCCCCC(=O)N2CCN(C)CC2)c1N. The van der Waals surface area contributed by atoms with Crippen LogP contribution in [0.1, 0.15) is 57.5 Å². The zero-order chi connectivity index (χ0) is 32.7. The van der Waals surface area contributed by atoms with E-state index in [9.17, 15) is 14.4 Å². The molecule has 0 radical (unpaired) electrons. The van der Waals surface area contributed by atoms with Crippen molar-refractivity contribution in [2.24, 2.45) is 0 Å². The molecule has 0 aromatic heterocycles. The number of benzene rings is 3. The molecule has 3 aromatic rings. The minimum atomic E-state index is -0.423. The number of amides is 2. The summed E-state index contributed by atoms with van der Waals surface area (Å²) in [6, 6.07) is 13.4. The van der Waals surface area contributed by atoms with Crippen molar-refractivity contribution in [2.45, 2.75) is 32.6 Å². The van der Waals surface area contributed by atoms with E-state index in [0.717, 1.165) is 51.0 Å². The number of likely N-dealkylation sites (N-methyl/N-ethyl adjacent to an activating group) is 1. The monoisotopic (exact) mass is 616 g/mol. The summed E-state index contributed by atoms with van der Waals surface area (Å²) in [5.74, 6) is 0.0340. The van der Waals surface area contributed by atoms with Gasteiger partial charge < -0.3 is 41.4 Å². The van der Waals surface area contributed by atoms with Crippen LogP contribution >= 0.6 is 0 Å². The van der Waals surface area contributed by atoms with Crippen LogP contribution in [0.15, 0.2) is 48.5 Å². The molecule has 11 nitrogen and oxygen atoms in total. The topological polar surface area (TPSA) is 157 Å². The fourth-order valence-corrected chi connectivity index (χ4v) is 5.37. The summed E-state index contributed by atoms with van der Waals surface area (Å²) in [7, 11) is 5.10. The van der Waals surface area contributed by atoms with Crippen LogP contribution < -0.4 is 31.6 Å². The van der Waals surface area contributed by atoms with Gasteiger partial charge in [-0.1, -0.05) is 12.1 Å². The molecule has 240 valence electrons. The van der Waals surface area contributed by atoms with Crippen molar-refractivity contribution in [2.75, 3.05) is 76.1 Å². The second-order valence-corrected chi connectivity index (χ2v) is 11.4. The van der Waals surface area contributed by atoms with Crippen molar-refractivity contribution < 1.29 is 23.9 Å². The fraction of sp³-hybridized carbons (Fsp3) is 0.382. The highest BCUT2D eigenvalue weighted by Crippen LogP contribution is 2.36. The maximum atomic E-state index is 13.7. The summed E-state index contributed by atoms with van der Waals surface area (Å²) in [5, 5.41) is 0. The molecule has 1 fully saturated rings. The predicted molar refractivity (Wildman–Crippen MR) is 178 cm³/mol. The Balaban J connectivity index is 1.41. The van der Waals surface area contributed by atoms with Crippen LogP contribution in [0.25, 0.3) is 0 Å². The number of anilines is 4. The lowest BCUT2D eigenvalue weighted by Gasteiger charge is -2.32. The fourth-order valence-electron chi connectivity index (χ4n) is 5.37. The zero-order valence-corrected chi connectivity index (χ0v) is 26.6. The molecule has 45 heavy (non-hydrogen) atoms. The molecule has 0 atom stereocenters. The number of ether oxygens (including phenoxy) is 2. The Bertz CT molecular complexity index is 1550. The first-order chi connectivity index (χ1) is 21.5. The molecule has 11 heteroatoms. The molecule has 0 saturated carbocycles. The van der Waals surface area contributed by atoms with E-state index in [1.54, 1.807) is 25.2 Å². The summed E-state index contributed by atoms with van der Waals surface area (Å²) in [5.41, 5.74) is 20.9. The number of ketones is 1. The smallest absolute Gasteiger partial charge is 0.260 e. The number of piperazine rings is 1. The van der Waals surface area contributed by atoms with E-state index in [-0.39, 0.29) is 45.4 Å². The largest absolute Gasteiger partial charge is 0.494 e. The van der Waals surface area contributed by atoms with Gasteiger partial charge in [0, 0.05) is 45.2 Å². The number of hydrogen-bond acceptors (Lipinski definition) is 9. The molecule has 0 spiro atoms. The van der Waals surface area contributed by atoms with E-state index in [4.69, 9.17) is 26.7 Å². The number of unbranched alkanes of at least 4 members (excludes halogenated alkanes) is 2. The number of carbonyl (C=O) groups is 3. The van der Waals surface area contributed by atoms with E-state index in [0.29, 0.717) is 24.5 Å². The molecule has 0 aliphatic carbocycles. The van der Waals surface area contributed by atoms with Crippen LogP contribution in [-0.4, -0.2) is 81.4 Å². The molecule has 0 unspecified atom stereocenters. The third-order valence-electron chi connectivity index (χ3n) is 8.19. The number of rotatable bonds is 12. The molecule has 1 saturated heterocycles. The van der Waals surface area contributed by atoms with Crippen LogP contribution in [0, 0.1) is 6.92 Å². The third kappa shape index (κ3) is 7.66. The van der Waals surface area contributed by atoms with Gasteiger partial charge in [-0.25, -0.2) is 0 Å². The highest BCUT2D eigenvalue weighted by atomic mass is 16.5. The molecule has 1 aliphatic heterocycles. The highest BCUT2D eigenvalue weighted by Gasteiger charge is 2.26.